The highest BCUT2D eigenvalue weighted by atomic mass is 35.5. The van der Waals surface area contributed by atoms with Gasteiger partial charge in [-0.05, 0) is 49.7 Å². The lowest BCUT2D eigenvalue weighted by molar-refractivity contribution is 0.370. The summed E-state index contributed by atoms with van der Waals surface area (Å²) >= 11 is 6.30. The zero-order chi connectivity index (χ0) is 22.9. The summed E-state index contributed by atoms with van der Waals surface area (Å²) in [5.74, 6) is 3.66. The van der Waals surface area contributed by atoms with Crippen molar-refractivity contribution >= 4 is 23.4 Å². The van der Waals surface area contributed by atoms with Crippen molar-refractivity contribution in [3.63, 3.8) is 0 Å². The average Bonchev–Trinajstić information content (AvgIpc) is 3.24. The fourth-order valence-corrected chi connectivity index (χ4v) is 5.14. The minimum Gasteiger partial charge on any atom is -0.423 e. The fraction of sp³-hybridized carbons (Fsp3) is 0.500. The Kier molecular flexibility index (Phi) is 6.10. The largest absolute Gasteiger partial charge is 0.423 e. The van der Waals surface area contributed by atoms with E-state index in [4.69, 9.17) is 26.4 Å². The molecule has 1 aliphatic carbocycles. The van der Waals surface area contributed by atoms with Gasteiger partial charge in [0.15, 0.2) is 0 Å². The topological polar surface area (TPSA) is 81.0 Å². The Balaban J connectivity index is 1.33. The smallest absolute Gasteiger partial charge is 0.322 e. The highest BCUT2D eigenvalue weighted by Gasteiger charge is 2.43. The number of fused-ring (bicyclic) bond motifs is 2. The summed E-state index contributed by atoms with van der Waals surface area (Å²) in [5.41, 5.74) is 0.999. The molecule has 33 heavy (non-hydrogen) atoms. The Morgan fingerprint density at radius 3 is 2.61 bits per heavy atom. The monoisotopic (exact) mass is 467 g/mol. The number of nitrogens with one attached hydrogen (secondary N) is 1. The van der Waals surface area contributed by atoms with Gasteiger partial charge in [-0.1, -0.05) is 37.6 Å². The molecule has 1 saturated carbocycles. The van der Waals surface area contributed by atoms with Gasteiger partial charge >= 0.3 is 6.01 Å². The second-order valence-electron chi connectivity index (χ2n) is 9.52. The Morgan fingerprint density at radius 1 is 1.15 bits per heavy atom. The van der Waals surface area contributed by atoms with Crippen LogP contribution in [0, 0.1) is 24.7 Å². The molecule has 1 N–H and O–H groups in total. The molecular weight excluding hydrogens is 438 g/mol. The van der Waals surface area contributed by atoms with Gasteiger partial charge in [-0.3, -0.25) is 0 Å². The summed E-state index contributed by atoms with van der Waals surface area (Å²) in [7, 11) is 0. The number of piperidine rings is 1. The lowest BCUT2D eigenvalue weighted by Gasteiger charge is -2.38. The second-order valence-corrected chi connectivity index (χ2v) is 9.92. The van der Waals surface area contributed by atoms with Crippen molar-refractivity contribution < 1.29 is 4.74 Å². The molecule has 2 aromatic heterocycles. The van der Waals surface area contributed by atoms with Gasteiger partial charge in [-0.2, -0.15) is 4.98 Å². The number of rotatable bonds is 7. The molecule has 1 saturated heterocycles. The average molecular weight is 468 g/mol. The number of halogens is 1. The molecule has 0 spiro atoms. The van der Waals surface area contributed by atoms with Crippen molar-refractivity contribution in [3.05, 3.63) is 47.4 Å². The minimum absolute atomic E-state index is 0.340. The number of ether oxygens (including phenoxy) is 1. The summed E-state index contributed by atoms with van der Waals surface area (Å²) in [4.78, 5) is 15.8. The maximum Gasteiger partial charge on any atom is 0.322 e. The predicted octanol–water partition coefficient (Wildman–Crippen LogP) is 4.81. The van der Waals surface area contributed by atoms with Gasteiger partial charge < -0.3 is 15.0 Å². The van der Waals surface area contributed by atoms with Crippen molar-refractivity contribution in [1.29, 1.82) is 0 Å². The van der Waals surface area contributed by atoms with Gasteiger partial charge in [0.05, 0.1) is 5.02 Å². The van der Waals surface area contributed by atoms with Crippen LogP contribution in [0.2, 0.25) is 5.02 Å². The summed E-state index contributed by atoms with van der Waals surface area (Å²) in [6.45, 7) is 8.97. The van der Waals surface area contributed by atoms with E-state index in [1.54, 1.807) is 6.33 Å². The van der Waals surface area contributed by atoms with E-state index in [0.29, 0.717) is 53.1 Å². The quantitative estimate of drug-likeness (QED) is 0.534. The maximum absolute atomic E-state index is 6.30. The number of aromatic nitrogens is 5. The summed E-state index contributed by atoms with van der Waals surface area (Å²) in [6.07, 6.45) is 4.04. The number of anilines is 2. The van der Waals surface area contributed by atoms with Gasteiger partial charge in [0, 0.05) is 37.4 Å². The first-order valence-electron chi connectivity index (χ1n) is 11.6. The molecule has 8 nitrogen and oxygen atoms in total. The number of para-hydroxylation sites is 1. The molecule has 5 rings (SSSR count). The zero-order valence-electron chi connectivity index (χ0n) is 19.3. The SMILES string of the molecule is Cc1cc(N2CC3CCC(C2)C3Nc2nc(Oc3ccccc3Cl)n(CC(C)C)n2)ncn1. The van der Waals surface area contributed by atoms with Gasteiger partial charge in [0.1, 0.15) is 17.9 Å². The third-order valence-electron chi connectivity index (χ3n) is 6.46. The molecule has 0 radical (unpaired) electrons. The van der Waals surface area contributed by atoms with E-state index >= 15 is 0 Å². The molecule has 174 valence electrons. The molecule has 9 heteroatoms. The van der Waals surface area contributed by atoms with Crippen LogP contribution in [0.15, 0.2) is 36.7 Å². The van der Waals surface area contributed by atoms with E-state index in [0.717, 1.165) is 24.6 Å². The molecule has 2 atom stereocenters. The van der Waals surface area contributed by atoms with Crippen LogP contribution >= 0.6 is 11.6 Å². The van der Waals surface area contributed by atoms with E-state index in [1.165, 1.54) is 12.8 Å². The number of hydrogen-bond acceptors (Lipinski definition) is 7. The van der Waals surface area contributed by atoms with Crippen LogP contribution in [0.4, 0.5) is 11.8 Å². The number of nitrogens with zero attached hydrogens (tertiary/aromatic N) is 6. The highest BCUT2D eigenvalue weighted by molar-refractivity contribution is 6.32. The molecule has 2 bridgehead atoms. The number of hydrogen-bond donors (Lipinski definition) is 1. The van der Waals surface area contributed by atoms with Gasteiger partial charge in [0.2, 0.25) is 5.95 Å². The van der Waals surface area contributed by atoms with E-state index in [1.807, 2.05) is 35.9 Å². The van der Waals surface area contributed by atoms with Crippen LogP contribution < -0.4 is 15.0 Å². The van der Waals surface area contributed by atoms with Gasteiger partial charge in [-0.15, -0.1) is 5.10 Å². The van der Waals surface area contributed by atoms with Gasteiger partial charge in [0.25, 0.3) is 0 Å². The molecule has 2 aliphatic rings. The molecule has 1 aliphatic heterocycles. The van der Waals surface area contributed by atoms with Crippen molar-refractivity contribution in [3.8, 4) is 11.8 Å². The normalized spacial score (nSPS) is 22.1. The molecule has 3 aromatic rings. The molecule has 0 amide bonds. The number of aryl methyl sites for hydroxylation is 1. The van der Waals surface area contributed by atoms with Crippen molar-refractivity contribution in [2.75, 3.05) is 23.3 Å². The molecule has 3 heterocycles. The second kappa shape index (κ2) is 9.17. The van der Waals surface area contributed by atoms with E-state index in [9.17, 15) is 0 Å². The molecular formula is C24H30ClN7O. The zero-order valence-corrected chi connectivity index (χ0v) is 20.0. The molecule has 1 aromatic carbocycles. The summed E-state index contributed by atoms with van der Waals surface area (Å²) in [5, 5.41) is 8.95. The first-order chi connectivity index (χ1) is 16.0. The lowest BCUT2D eigenvalue weighted by Crippen LogP contribution is -2.48. The predicted molar refractivity (Wildman–Crippen MR) is 129 cm³/mol. The maximum atomic E-state index is 6.30. The third kappa shape index (κ3) is 4.76. The van der Waals surface area contributed by atoms with E-state index < -0.39 is 0 Å². The van der Waals surface area contributed by atoms with E-state index in [2.05, 4.69) is 40.1 Å². The van der Waals surface area contributed by atoms with Crippen LogP contribution in [0.5, 0.6) is 11.8 Å². The first-order valence-corrected chi connectivity index (χ1v) is 12.0. The van der Waals surface area contributed by atoms with Crippen LogP contribution in [-0.4, -0.2) is 43.9 Å². The Bertz CT molecular complexity index is 1100. The Hall–Kier alpha value is -2.87. The Morgan fingerprint density at radius 2 is 1.91 bits per heavy atom. The lowest BCUT2D eigenvalue weighted by atomic mass is 9.92. The third-order valence-corrected chi connectivity index (χ3v) is 6.77. The summed E-state index contributed by atoms with van der Waals surface area (Å²) in [6, 6.07) is 10.3. The molecule has 2 unspecified atom stereocenters. The van der Waals surface area contributed by atoms with Gasteiger partial charge in [-0.25, -0.2) is 14.6 Å². The summed E-state index contributed by atoms with van der Waals surface area (Å²) < 4.78 is 7.89. The highest BCUT2D eigenvalue weighted by Crippen LogP contribution is 2.40. The standard InChI is InChI=1S/C24H30ClN7O/c1-15(2)11-32-24(33-20-7-5-4-6-19(20)25)29-23(30-32)28-22-17-8-9-18(22)13-31(12-17)21-10-16(3)26-14-27-21/h4-7,10,14-15,17-18,22H,8-9,11-13H2,1-3H3,(H,28,30). The van der Waals surface area contributed by atoms with Crippen molar-refractivity contribution in [2.45, 2.75) is 46.2 Å². The van der Waals surface area contributed by atoms with Crippen LogP contribution in [0.1, 0.15) is 32.4 Å². The van der Waals surface area contributed by atoms with Crippen LogP contribution in [0.25, 0.3) is 0 Å². The van der Waals surface area contributed by atoms with Crippen LogP contribution in [0.3, 0.4) is 0 Å². The Labute approximate surface area is 199 Å². The van der Waals surface area contributed by atoms with Crippen molar-refractivity contribution in [1.82, 2.24) is 24.7 Å². The fourth-order valence-electron chi connectivity index (χ4n) is 4.96. The first kappa shape index (κ1) is 21.9. The van der Waals surface area contributed by atoms with Crippen LogP contribution in [-0.2, 0) is 6.54 Å². The number of benzene rings is 1. The minimum atomic E-state index is 0.340. The van der Waals surface area contributed by atoms with Crippen molar-refractivity contribution in [2.24, 2.45) is 17.8 Å². The van der Waals surface area contributed by atoms with E-state index in [-0.39, 0.29) is 0 Å². The molecule has 2 fully saturated rings.